The van der Waals surface area contributed by atoms with Crippen molar-refractivity contribution in [2.24, 2.45) is 5.73 Å². The van der Waals surface area contributed by atoms with Crippen LogP contribution in [0.5, 0.6) is 0 Å². The first-order chi connectivity index (χ1) is 6.61. The molecule has 0 aromatic rings. The van der Waals surface area contributed by atoms with Crippen molar-refractivity contribution in [1.29, 1.82) is 0 Å². The molecule has 1 heterocycles. The molecule has 4 nitrogen and oxygen atoms in total. The number of carboxylic acids is 1. The SMILES string of the molecule is CCCCCN1CCCC1(N)C(=O)O. The number of unbranched alkanes of at least 4 members (excludes halogenated alkanes) is 2. The van der Waals surface area contributed by atoms with E-state index in [2.05, 4.69) is 6.92 Å². The molecule has 1 unspecified atom stereocenters. The monoisotopic (exact) mass is 200 g/mol. The van der Waals surface area contributed by atoms with E-state index in [1.807, 2.05) is 4.90 Å². The van der Waals surface area contributed by atoms with Crippen LogP contribution in [0.1, 0.15) is 39.0 Å². The molecule has 3 N–H and O–H groups in total. The number of rotatable bonds is 5. The van der Waals surface area contributed by atoms with E-state index in [0.717, 1.165) is 38.8 Å². The maximum atomic E-state index is 11.0. The topological polar surface area (TPSA) is 66.6 Å². The highest BCUT2D eigenvalue weighted by atomic mass is 16.4. The summed E-state index contributed by atoms with van der Waals surface area (Å²) in [5, 5.41) is 9.03. The number of carbonyl (C=O) groups is 1. The lowest BCUT2D eigenvalue weighted by atomic mass is 10.1. The first-order valence-electron chi connectivity index (χ1n) is 5.38. The van der Waals surface area contributed by atoms with Gasteiger partial charge in [0.05, 0.1) is 0 Å². The van der Waals surface area contributed by atoms with Crippen molar-refractivity contribution in [3.8, 4) is 0 Å². The Kier molecular flexibility index (Phi) is 3.89. The Morgan fingerprint density at radius 2 is 2.29 bits per heavy atom. The van der Waals surface area contributed by atoms with E-state index in [1.54, 1.807) is 0 Å². The molecule has 14 heavy (non-hydrogen) atoms. The molecular formula is C10H20N2O2. The molecule has 1 saturated heterocycles. The zero-order valence-corrected chi connectivity index (χ0v) is 8.83. The number of carboxylic acid groups (broad SMARTS) is 1. The average Bonchev–Trinajstić information content (AvgIpc) is 2.50. The minimum absolute atomic E-state index is 0.578. The Bertz CT molecular complexity index is 208. The fraction of sp³-hybridized carbons (Fsp3) is 0.900. The summed E-state index contributed by atoms with van der Waals surface area (Å²) in [5.41, 5.74) is 4.77. The van der Waals surface area contributed by atoms with Crippen LogP contribution in [0.25, 0.3) is 0 Å². The minimum atomic E-state index is -1.09. The second-order valence-corrected chi connectivity index (χ2v) is 4.03. The summed E-state index contributed by atoms with van der Waals surface area (Å²) in [6.45, 7) is 3.78. The number of hydrogen-bond donors (Lipinski definition) is 2. The highest BCUT2D eigenvalue weighted by Crippen LogP contribution is 2.24. The van der Waals surface area contributed by atoms with Gasteiger partial charge in [0.1, 0.15) is 0 Å². The second-order valence-electron chi connectivity index (χ2n) is 4.03. The second kappa shape index (κ2) is 4.75. The molecule has 1 aliphatic heterocycles. The highest BCUT2D eigenvalue weighted by molar-refractivity contribution is 5.78. The first kappa shape index (κ1) is 11.5. The molecular weight excluding hydrogens is 180 g/mol. The number of likely N-dealkylation sites (tertiary alicyclic amines) is 1. The summed E-state index contributed by atoms with van der Waals surface area (Å²) in [6, 6.07) is 0. The molecule has 0 spiro atoms. The summed E-state index contributed by atoms with van der Waals surface area (Å²) in [6.07, 6.45) is 4.82. The minimum Gasteiger partial charge on any atom is -0.479 e. The maximum Gasteiger partial charge on any atom is 0.338 e. The largest absolute Gasteiger partial charge is 0.479 e. The lowest BCUT2D eigenvalue weighted by molar-refractivity contribution is -0.149. The summed E-state index contributed by atoms with van der Waals surface area (Å²) in [4.78, 5) is 12.9. The molecule has 0 saturated carbocycles. The first-order valence-corrected chi connectivity index (χ1v) is 5.38. The molecule has 1 aliphatic rings. The fourth-order valence-electron chi connectivity index (χ4n) is 2.00. The lowest BCUT2D eigenvalue weighted by Gasteiger charge is -2.30. The molecule has 0 aliphatic carbocycles. The number of hydrogen-bond acceptors (Lipinski definition) is 3. The van der Waals surface area contributed by atoms with Crippen molar-refractivity contribution in [2.75, 3.05) is 13.1 Å². The van der Waals surface area contributed by atoms with Crippen molar-refractivity contribution in [3.05, 3.63) is 0 Å². The van der Waals surface area contributed by atoms with Gasteiger partial charge in [0.15, 0.2) is 5.66 Å². The Morgan fingerprint density at radius 1 is 1.57 bits per heavy atom. The normalized spacial score (nSPS) is 28.1. The van der Waals surface area contributed by atoms with Gasteiger partial charge in [-0.3, -0.25) is 4.90 Å². The Morgan fingerprint density at radius 3 is 2.86 bits per heavy atom. The number of nitrogens with two attached hydrogens (primary N) is 1. The van der Waals surface area contributed by atoms with Crippen LogP contribution in [0.4, 0.5) is 0 Å². The van der Waals surface area contributed by atoms with E-state index in [1.165, 1.54) is 0 Å². The van der Waals surface area contributed by atoms with E-state index in [4.69, 9.17) is 10.8 Å². The van der Waals surface area contributed by atoms with Crippen LogP contribution in [0.15, 0.2) is 0 Å². The zero-order valence-electron chi connectivity index (χ0n) is 8.83. The predicted molar refractivity (Wildman–Crippen MR) is 54.9 cm³/mol. The van der Waals surface area contributed by atoms with Crippen LogP contribution in [0.3, 0.4) is 0 Å². The van der Waals surface area contributed by atoms with Gasteiger partial charge in [-0.2, -0.15) is 0 Å². The van der Waals surface area contributed by atoms with E-state index < -0.39 is 11.6 Å². The summed E-state index contributed by atoms with van der Waals surface area (Å²) in [7, 11) is 0. The van der Waals surface area contributed by atoms with Gasteiger partial charge in [-0.15, -0.1) is 0 Å². The molecule has 1 fully saturated rings. The molecule has 4 heteroatoms. The summed E-state index contributed by atoms with van der Waals surface area (Å²) >= 11 is 0. The molecule has 0 aromatic heterocycles. The Labute approximate surface area is 85.1 Å². The third kappa shape index (κ3) is 2.25. The maximum absolute atomic E-state index is 11.0. The van der Waals surface area contributed by atoms with Crippen molar-refractivity contribution in [3.63, 3.8) is 0 Å². The lowest BCUT2D eigenvalue weighted by Crippen LogP contribution is -2.58. The standard InChI is InChI=1S/C10H20N2O2/c1-2-3-4-7-12-8-5-6-10(12,11)9(13)14/h2-8,11H2,1H3,(H,13,14). The van der Waals surface area contributed by atoms with Crippen LogP contribution in [0, 0.1) is 0 Å². The van der Waals surface area contributed by atoms with Gasteiger partial charge < -0.3 is 10.8 Å². The third-order valence-electron chi connectivity index (χ3n) is 2.95. The van der Waals surface area contributed by atoms with Crippen molar-refractivity contribution in [2.45, 2.75) is 44.7 Å². The van der Waals surface area contributed by atoms with Gasteiger partial charge >= 0.3 is 5.97 Å². The van der Waals surface area contributed by atoms with E-state index in [0.29, 0.717) is 6.42 Å². The van der Waals surface area contributed by atoms with Gasteiger partial charge in [-0.05, 0) is 19.3 Å². The molecule has 0 radical (unpaired) electrons. The van der Waals surface area contributed by atoms with Crippen LogP contribution in [-0.2, 0) is 4.79 Å². The van der Waals surface area contributed by atoms with Gasteiger partial charge in [0.25, 0.3) is 0 Å². The number of nitrogens with zero attached hydrogens (tertiary/aromatic N) is 1. The van der Waals surface area contributed by atoms with E-state index >= 15 is 0 Å². The molecule has 0 amide bonds. The number of aliphatic carboxylic acids is 1. The van der Waals surface area contributed by atoms with Crippen LogP contribution < -0.4 is 5.73 Å². The highest BCUT2D eigenvalue weighted by Gasteiger charge is 2.43. The van der Waals surface area contributed by atoms with Crippen LogP contribution in [0.2, 0.25) is 0 Å². The molecule has 82 valence electrons. The van der Waals surface area contributed by atoms with Gasteiger partial charge in [0.2, 0.25) is 0 Å². The third-order valence-corrected chi connectivity index (χ3v) is 2.95. The van der Waals surface area contributed by atoms with Crippen LogP contribution in [-0.4, -0.2) is 34.7 Å². The van der Waals surface area contributed by atoms with Crippen molar-refractivity contribution < 1.29 is 9.90 Å². The van der Waals surface area contributed by atoms with Gasteiger partial charge in [-0.25, -0.2) is 4.79 Å². The van der Waals surface area contributed by atoms with Gasteiger partial charge in [0, 0.05) is 13.1 Å². The molecule has 1 atom stereocenters. The van der Waals surface area contributed by atoms with Crippen molar-refractivity contribution >= 4 is 5.97 Å². The Hall–Kier alpha value is -0.610. The smallest absolute Gasteiger partial charge is 0.338 e. The predicted octanol–water partition coefficient (Wildman–Crippen LogP) is 1.01. The van der Waals surface area contributed by atoms with E-state index in [9.17, 15) is 4.79 Å². The Balaban J connectivity index is 2.46. The average molecular weight is 200 g/mol. The van der Waals surface area contributed by atoms with Crippen molar-refractivity contribution in [1.82, 2.24) is 4.90 Å². The molecule has 1 rings (SSSR count). The quantitative estimate of drug-likeness (QED) is 0.650. The van der Waals surface area contributed by atoms with Gasteiger partial charge in [-0.1, -0.05) is 19.8 Å². The summed E-state index contributed by atoms with van der Waals surface area (Å²) < 4.78 is 0. The molecule has 0 bridgehead atoms. The van der Waals surface area contributed by atoms with Crippen LogP contribution >= 0.6 is 0 Å². The fourth-order valence-corrected chi connectivity index (χ4v) is 2.00. The summed E-state index contributed by atoms with van der Waals surface area (Å²) in [5.74, 6) is -0.883. The zero-order chi connectivity index (χ0) is 10.6. The molecule has 0 aromatic carbocycles. The van der Waals surface area contributed by atoms with E-state index in [-0.39, 0.29) is 0 Å².